The highest BCUT2D eigenvalue weighted by Gasteiger charge is 2.21. The molecule has 1 atom stereocenters. The van der Waals surface area contributed by atoms with Crippen molar-refractivity contribution >= 4 is 35.2 Å². The summed E-state index contributed by atoms with van der Waals surface area (Å²) in [5.41, 5.74) is 2.67. The van der Waals surface area contributed by atoms with Crippen molar-refractivity contribution in [3.8, 4) is 11.5 Å². The average molecular weight is 506 g/mol. The van der Waals surface area contributed by atoms with Crippen LogP contribution in [0.3, 0.4) is 0 Å². The Kier molecular flexibility index (Phi) is 8.15. The SMILES string of the molecule is O=C(/C=C/c1ccc2c(c1)OCO2)N[C@@H](Cc1ccc(Cl)cc1)C(=O)Cc1ccc(C(=O)CO)cc1. The number of benzene rings is 3. The lowest BCUT2D eigenvalue weighted by Gasteiger charge is -2.17. The summed E-state index contributed by atoms with van der Waals surface area (Å²) < 4.78 is 10.7. The van der Waals surface area contributed by atoms with Gasteiger partial charge in [-0.05, 0) is 53.5 Å². The molecule has 3 aromatic carbocycles. The molecule has 0 saturated heterocycles. The van der Waals surface area contributed by atoms with Crippen LogP contribution in [-0.4, -0.2) is 42.0 Å². The molecule has 0 unspecified atom stereocenters. The van der Waals surface area contributed by atoms with Crippen LogP contribution in [-0.2, 0) is 22.4 Å². The number of halogens is 1. The predicted octanol–water partition coefficient (Wildman–Crippen LogP) is 3.80. The number of ether oxygens (including phenoxy) is 2. The highest BCUT2D eigenvalue weighted by molar-refractivity contribution is 6.30. The fourth-order valence-corrected chi connectivity index (χ4v) is 3.86. The minimum Gasteiger partial charge on any atom is -0.454 e. The van der Waals surface area contributed by atoms with Crippen LogP contribution in [0.5, 0.6) is 11.5 Å². The number of carbonyl (C=O) groups excluding carboxylic acids is 3. The van der Waals surface area contributed by atoms with E-state index in [4.69, 9.17) is 26.2 Å². The second-order valence-corrected chi connectivity index (χ2v) is 8.70. The van der Waals surface area contributed by atoms with Crippen molar-refractivity contribution in [3.63, 3.8) is 0 Å². The van der Waals surface area contributed by atoms with Gasteiger partial charge in [0.25, 0.3) is 0 Å². The highest BCUT2D eigenvalue weighted by atomic mass is 35.5. The van der Waals surface area contributed by atoms with E-state index in [2.05, 4.69) is 5.32 Å². The van der Waals surface area contributed by atoms with E-state index in [1.807, 2.05) is 12.1 Å². The first-order valence-electron chi connectivity index (χ1n) is 11.3. The zero-order valence-corrected chi connectivity index (χ0v) is 20.0. The van der Waals surface area contributed by atoms with E-state index >= 15 is 0 Å². The lowest BCUT2D eigenvalue weighted by molar-refractivity contribution is -0.125. The van der Waals surface area contributed by atoms with Gasteiger partial charge in [-0.1, -0.05) is 54.1 Å². The van der Waals surface area contributed by atoms with Gasteiger partial charge in [-0.3, -0.25) is 14.4 Å². The number of Topliss-reactive ketones (excluding diaryl/α,β-unsaturated/α-hetero) is 2. The zero-order chi connectivity index (χ0) is 25.5. The van der Waals surface area contributed by atoms with Crippen molar-refractivity contribution in [1.82, 2.24) is 5.32 Å². The molecule has 0 bridgehead atoms. The molecule has 36 heavy (non-hydrogen) atoms. The van der Waals surface area contributed by atoms with Gasteiger partial charge < -0.3 is 19.9 Å². The van der Waals surface area contributed by atoms with Crippen LogP contribution >= 0.6 is 11.6 Å². The van der Waals surface area contributed by atoms with E-state index < -0.39 is 24.3 Å². The molecule has 0 fully saturated rings. The summed E-state index contributed by atoms with van der Waals surface area (Å²) in [5.74, 6) is 0.272. The Bertz CT molecular complexity index is 1280. The van der Waals surface area contributed by atoms with E-state index in [0.29, 0.717) is 34.1 Å². The van der Waals surface area contributed by atoms with Crippen LogP contribution in [0, 0.1) is 0 Å². The van der Waals surface area contributed by atoms with E-state index in [1.54, 1.807) is 60.7 Å². The Morgan fingerprint density at radius 2 is 1.64 bits per heavy atom. The predicted molar refractivity (Wildman–Crippen MR) is 135 cm³/mol. The molecule has 1 heterocycles. The molecule has 0 spiro atoms. The molecule has 0 aliphatic carbocycles. The maximum Gasteiger partial charge on any atom is 0.244 e. The molecule has 1 aliphatic heterocycles. The number of amides is 1. The molecule has 1 amide bonds. The topological polar surface area (TPSA) is 102 Å². The minimum absolute atomic E-state index is 0.0675. The van der Waals surface area contributed by atoms with Gasteiger partial charge in [0.2, 0.25) is 12.7 Å². The third-order valence-corrected chi connectivity index (χ3v) is 5.93. The Balaban J connectivity index is 1.46. The molecule has 184 valence electrons. The Labute approximate surface area is 213 Å². The molecule has 0 aromatic heterocycles. The van der Waals surface area contributed by atoms with Gasteiger partial charge >= 0.3 is 0 Å². The summed E-state index contributed by atoms with van der Waals surface area (Å²) in [4.78, 5) is 37.6. The van der Waals surface area contributed by atoms with E-state index in [1.165, 1.54) is 6.08 Å². The lowest BCUT2D eigenvalue weighted by atomic mass is 9.97. The lowest BCUT2D eigenvalue weighted by Crippen LogP contribution is -2.42. The first-order valence-corrected chi connectivity index (χ1v) is 11.7. The molecule has 3 aromatic rings. The third-order valence-electron chi connectivity index (χ3n) is 5.68. The summed E-state index contributed by atoms with van der Waals surface area (Å²) >= 11 is 5.98. The summed E-state index contributed by atoms with van der Waals surface area (Å²) in [7, 11) is 0. The molecule has 7 nitrogen and oxygen atoms in total. The first-order chi connectivity index (χ1) is 17.4. The maximum absolute atomic E-state index is 13.2. The van der Waals surface area contributed by atoms with Crippen molar-refractivity contribution in [2.75, 3.05) is 13.4 Å². The van der Waals surface area contributed by atoms with Crippen molar-refractivity contribution in [2.45, 2.75) is 18.9 Å². The molecule has 1 aliphatic rings. The summed E-state index contributed by atoms with van der Waals surface area (Å²) in [6, 6.07) is 18.1. The largest absolute Gasteiger partial charge is 0.454 e. The molecule has 2 N–H and O–H groups in total. The number of rotatable bonds is 10. The maximum atomic E-state index is 13.2. The van der Waals surface area contributed by atoms with E-state index in [9.17, 15) is 14.4 Å². The summed E-state index contributed by atoms with van der Waals surface area (Å²) in [6.45, 7) is -0.412. The molecule has 0 radical (unpaired) electrons. The van der Waals surface area contributed by atoms with Crippen LogP contribution in [0.15, 0.2) is 72.8 Å². The fourth-order valence-electron chi connectivity index (χ4n) is 3.73. The van der Waals surface area contributed by atoms with Crippen molar-refractivity contribution in [1.29, 1.82) is 0 Å². The van der Waals surface area contributed by atoms with Crippen LogP contribution < -0.4 is 14.8 Å². The molecule has 0 saturated carbocycles. The van der Waals surface area contributed by atoms with Crippen LogP contribution in [0.25, 0.3) is 6.08 Å². The highest BCUT2D eigenvalue weighted by Crippen LogP contribution is 2.32. The number of ketones is 2. The quantitative estimate of drug-likeness (QED) is 0.321. The second-order valence-electron chi connectivity index (χ2n) is 8.26. The number of aliphatic hydroxyl groups excluding tert-OH is 1. The zero-order valence-electron chi connectivity index (χ0n) is 19.3. The number of hydrogen-bond donors (Lipinski definition) is 2. The number of nitrogens with one attached hydrogen (secondary N) is 1. The van der Waals surface area contributed by atoms with Gasteiger partial charge in [0.1, 0.15) is 6.61 Å². The van der Waals surface area contributed by atoms with E-state index in [-0.39, 0.29) is 19.0 Å². The van der Waals surface area contributed by atoms with E-state index in [0.717, 1.165) is 11.1 Å². The molecular weight excluding hydrogens is 482 g/mol. The second kappa shape index (κ2) is 11.7. The summed E-state index contributed by atoms with van der Waals surface area (Å²) in [5, 5.41) is 12.4. The minimum atomic E-state index is -0.779. The molecule has 4 rings (SSSR count). The standard InChI is InChI=1S/C28H24ClNO6/c29-22-9-3-18(4-10-22)13-23(24(32)14-19-1-7-21(8-2-19)25(33)16-31)30-28(34)12-6-20-5-11-26-27(15-20)36-17-35-26/h1-12,15,23,31H,13-14,16-17H2,(H,30,34)/b12-6+/t23-/m0/s1. The van der Waals surface area contributed by atoms with Crippen molar-refractivity contribution < 1.29 is 29.0 Å². The Morgan fingerprint density at radius 1 is 0.944 bits per heavy atom. The Morgan fingerprint density at radius 3 is 2.36 bits per heavy atom. The number of fused-ring (bicyclic) bond motifs is 1. The molecule has 8 heteroatoms. The van der Waals surface area contributed by atoms with Crippen molar-refractivity contribution in [3.05, 3.63) is 100 Å². The van der Waals surface area contributed by atoms with Crippen LogP contribution in [0.1, 0.15) is 27.0 Å². The van der Waals surface area contributed by atoms with Crippen molar-refractivity contribution in [2.24, 2.45) is 0 Å². The monoisotopic (exact) mass is 505 g/mol. The van der Waals surface area contributed by atoms with Crippen LogP contribution in [0.4, 0.5) is 0 Å². The number of carbonyl (C=O) groups is 3. The van der Waals surface area contributed by atoms with Crippen LogP contribution in [0.2, 0.25) is 5.02 Å². The van der Waals surface area contributed by atoms with Gasteiger partial charge in [-0.25, -0.2) is 0 Å². The average Bonchev–Trinajstić information content (AvgIpc) is 3.36. The normalized spacial score (nSPS) is 12.9. The Hall–Kier alpha value is -3.94. The number of hydrogen-bond acceptors (Lipinski definition) is 6. The molecular formula is C28H24ClNO6. The fraction of sp³-hybridized carbons (Fsp3) is 0.179. The summed E-state index contributed by atoms with van der Waals surface area (Å²) in [6.07, 6.45) is 3.37. The third kappa shape index (κ3) is 6.59. The van der Waals surface area contributed by atoms with Gasteiger partial charge in [0.15, 0.2) is 23.1 Å². The number of aliphatic hydroxyl groups is 1. The van der Waals surface area contributed by atoms with Gasteiger partial charge in [0.05, 0.1) is 6.04 Å². The smallest absolute Gasteiger partial charge is 0.244 e. The van der Waals surface area contributed by atoms with Gasteiger partial charge in [-0.15, -0.1) is 0 Å². The first kappa shape index (κ1) is 25.2. The van der Waals surface area contributed by atoms with Gasteiger partial charge in [0, 0.05) is 23.1 Å². The van der Waals surface area contributed by atoms with Gasteiger partial charge in [-0.2, -0.15) is 0 Å².